The molecule has 0 bridgehead atoms. The van der Waals surface area contributed by atoms with Gasteiger partial charge in [0.1, 0.15) is 5.60 Å². The lowest BCUT2D eigenvalue weighted by molar-refractivity contribution is -0.148. The Morgan fingerprint density at radius 2 is 1.29 bits per heavy atom. The first-order valence-electron chi connectivity index (χ1n) is 10.8. The first kappa shape index (κ1) is 27.1. The molecule has 4 aromatic rings. The Labute approximate surface area is 213 Å². The Morgan fingerprint density at radius 1 is 0.816 bits per heavy atom. The van der Waals surface area contributed by atoms with Crippen molar-refractivity contribution in [3.8, 4) is 11.4 Å². The number of hydrogen-bond acceptors (Lipinski definition) is 11. The average Bonchev–Trinajstić information content (AvgIpc) is 3.43. The van der Waals surface area contributed by atoms with Gasteiger partial charge in [-0.05, 0) is 65.9 Å². The molecule has 0 fully saturated rings. The third-order valence-electron chi connectivity index (χ3n) is 4.10. The zero-order chi connectivity index (χ0) is 27.7. The van der Waals surface area contributed by atoms with Crippen molar-refractivity contribution in [3.05, 3.63) is 82.2 Å². The molecule has 0 unspecified atom stereocenters. The monoisotopic (exact) mass is 522 g/mol. The largest absolute Gasteiger partial charge is 0.478 e. The van der Waals surface area contributed by atoms with Gasteiger partial charge in [-0.1, -0.05) is 0 Å². The molecule has 1 N–H and O–H groups in total. The van der Waals surface area contributed by atoms with Gasteiger partial charge in [0.15, 0.2) is 0 Å². The van der Waals surface area contributed by atoms with Crippen molar-refractivity contribution < 1.29 is 19.4 Å². The first-order chi connectivity index (χ1) is 18.0. The third-order valence-corrected chi connectivity index (χ3v) is 4.10. The number of aromatic nitrogens is 10. The van der Waals surface area contributed by atoms with Gasteiger partial charge in [-0.3, -0.25) is 9.97 Å². The number of tetrazole rings is 2. The fraction of sp³-hybridized carbons (Fsp3) is 0.182. The average molecular weight is 522 g/mol. The standard InChI is InChI=1S/C13H15N5O3.C9H7N5O3/c1-13(2,3)21-11(19)6-8-17-12(20)18(16-15-17)10-5-4-7-14-9-10;15-8(16)3-5-13-9(17)14(12-11-13)7-2-1-4-10-6-7/h4-9H,1-3H3;1-6H,(H,15,16)/b8-6+;5-3+. The van der Waals surface area contributed by atoms with Gasteiger partial charge >= 0.3 is 23.3 Å². The molecule has 0 aromatic carbocycles. The van der Waals surface area contributed by atoms with Crippen LogP contribution in [0.5, 0.6) is 0 Å². The highest BCUT2D eigenvalue weighted by molar-refractivity contribution is 5.85. The van der Waals surface area contributed by atoms with Crippen LogP contribution in [0.4, 0.5) is 0 Å². The number of nitrogens with zero attached hydrogens (tertiary/aromatic N) is 10. The number of esters is 1. The van der Waals surface area contributed by atoms with E-state index >= 15 is 0 Å². The fourth-order valence-electron chi connectivity index (χ4n) is 2.58. The maximum Gasteiger partial charge on any atom is 0.372 e. The zero-order valence-electron chi connectivity index (χ0n) is 20.4. The molecule has 196 valence electrons. The van der Waals surface area contributed by atoms with E-state index in [1.54, 1.807) is 57.4 Å². The molecule has 0 aliphatic heterocycles. The van der Waals surface area contributed by atoms with Crippen LogP contribution in [-0.2, 0) is 14.3 Å². The molecule has 38 heavy (non-hydrogen) atoms. The van der Waals surface area contributed by atoms with Crippen LogP contribution in [0, 0.1) is 0 Å². The number of ether oxygens (including phenoxy) is 1. The van der Waals surface area contributed by atoms with E-state index in [9.17, 15) is 19.2 Å². The van der Waals surface area contributed by atoms with Crippen molar-refractivity contribution in [2.24, 2.45) is 0 Å². The highest BCUT2D eigenvalue weighted by Crippen LogP contribution is 2.07. The molecular formula is C22H22N10O6. The summed E-state index contributed by atoms with van der Waals surface area (Å²) >= 11 is 0. The van der Waals surface area contributed by atoms with Crippen LogP contribution in [0.25, 0.3) is 23.8 Å². The summed E-state index contributed by atoms with van der Waals surface area (Å²) in [6, 6.07) is 6.63. The number of carbonyl (C=O) groups is 2. The number of pyridine rings is 2. The minimum atomic E-state index is -1.17. The van der Waals surface area contributed by atoms with Crippen molar-refractivity contribution in [2.45, 2.75) is 26.4 Å². The van der Waals surface area contributed by atoms with Crippen LogP contribution in [0.15, 0.2) is 70.8 Å². The summed E-state index contributed by atoms with van der Waals surface area (Å²) in [5, 5.41) is 22.9. The van der Waals surface area contributed by atoms with Crippen LogP contribution in [-0.4, -0.2) is 72.2 Å². The van der Waals surface area contributed by atoms with Gasteiger partial charge in [0.2, 0.25) is 0 Å². The molecule has 0 aliphatic rings. The first-order valence-corrected chi connectivity index (χ1v) is 10.8. The Balaban J connectivity index is 0.000000215. The number of carboxylic acids is 1. The molecule has 16 nitrogen and oxygen atoms in total. The van der Waals surface area contributed by atoms with E-state index in [2.05, 4.69) is 30.8 Å². The topological polar surface area (TPSA) is 195 Å². The molecule has 4 heterocycles. The van der Waals surface area contributed by atoms with Crippen LogP contribution in [0.3, 0.4) is 0 Å². The second-order valence-electron chi connectivity index (χ2n) is 8.16. The number of carbonyl (C=O) groups excluding carboxylic acids is 1. The highest BCUT2D eigenvalue weighted by atomic mass is 16.6. The third kappa shape index (κ3) is 7.48. The molecular weight excluding hydrogens is 500 g/mol. The second-order valence-corrected chi connectivity index (χ2v) is 8.16. The lowest BCUT2D eigenvalue weighted by Crippen LogP contribution is -2.23. The van der Waals surface area contributed by atoms with E-state index in [0.717, 1.165) is 37.1 Å². The molecule has 0 atom stereocenters. The molecule has 4 aromatic heterocycles. The molecule has 4 rings (SSSR count). The summed E-state index contributed by atoms with van der Waals surface area (Å²) in [5.41, 5.74) is -0.745. The van der Waals surface area contributed by atoms with Gasteiger partial charge < -0.3 is 9.84 Å². The lowest BCUT2D eigenvalue weighted by Gasteiger charge is -2.17. The van der Waals surface area contributed by atoms with Crippen molar-refractivity contribution in [2.75, 3.05) is 0 Å². The van der Waals surface area contributed by atoms with E-state index in [-0.39, 0.29) is 0 Å². The van der Waals surface area contributed by atoms with E-state index in [4.69, 9.17) is 9.84 Å². The molecule has 0 saturated carbocycles. The van der Waals surface area contributed by atoms with Crippen molar-refractivity contribution in [3.63, 3.8) is 0 Å². The maximum atomic E-state index is 12.0. The van der Waals surface area contributed by atoms with Crippen LogP contribution in [0.2, 0.25) is 0 Å². The maximum absolute atomic E-state index is 12.0. The SMILES string of the molecule is CC(C)(C)OC(=O)/C=C/n1nnn(-c2cccnc2)c1=O.O=C(O)/C=C/n1nnn(-c2cccnc2)c1=O. The normalized spacial score (nSPS) is 11.3. The van der Waals surface area contributed by atoms with Gasteiger partial charge in [0.25, 0.3) is 0 Å². The predicted molar refractivity (Wildman–Crippen MR) is 131 cm³/mol. The Hall–Kier alpha value is -5.54. The second kappa shape index (κ2) is 11.9. The predicted octanol–water partition coefficient (Wildman–Crippen LogP) is 0.0157. The highest BCUT2D eigenvalue weighted by Gasteiger charge is 2.14. The zero-order valence-corrected chi connectivity index (χ0v) is 20.4. The quantitative estimate of drug-likeness (QED) is 0.264. The number of aliphatic carboxylic acids is 1. The minimum absolute atomic E-state index is 0.451. The molecule has 0 saturated heterocycles. The van der Waals surface area contributed by atoms with Gasteiger partial charge in [-0.15, -0.1) is 0 Å². The Morgan fingerprint density at radius 3 is 1.68 bits per heavy atom. The molecule has 0 aliphatic carbocycles. The number of hydrogen-bond donors (Lipinski definition) is 1. The summed E-state index contributed by atoms with van der Waals surface area (Å²) in [6.45, 7) is 5.26. The van der Waals surface area contributed by atoms with Crippen LogP contribution in [0.1, 0.15) is 20.8 Å². The van der Waals surface area contributed by atoms with Crippen molar-refractivity contribution in [1.29, 1.82) is 0 Å². The van der Waals surface area contributed by atoms with E-state index in [1.807, 2.05) is 0 Å². The summed E-state index contributed by atoms with van der Waals surface area (Å²) in [7, 11) is 0. The summed E-state index contributed by atoms with van der Waals surface area (Å²) in [5.74, 6) is -1.74. The van der Waals surface area contributed by atoms with Crippen molar-refractivity contribution in [1.82, 2.24) is 49.5 Å². The Kier molecular flexibility index (Phi) is 8.49. The van der Waals surface area contributed by atoms with Gasteiger partial charge in [0.05, 0.1) is 23.8 Å². The van der Waals surface area contributed by atoms with E-state index in [0.29, 0.717) is 11.4 Å². The fourth-order valence-corrected chi connectivity index (χ4v) is 2.58. The summed E-state index contributed by atoms with van der Waals surface area (Å²) in [6.07, 6.45) is 10.2. The lowest BCUT2D eigenvalue weighted by atomic mass is 10.2. The van der Waals surface area contributed by atoms with E-state index < -0.39 is 28.9 Å². The van der Waals surface area contributed by atoms with Gasteiger partial charge in [-0.2, -0.15) is 18.7 Å². The van der Waals surface area contributed by atoms with E-state index in [1.165, 1.54) is 18.6 Å². The molecule has 0 amide bonds. The summed E-state index contributed by atoms with van der Waals surface area (Å²) < 4.78 is 8.94. The van der Waals surface area contributed by atoms with Gasteiger partial charge in [0, 0.05) is 36.9 Å². The van der Waals surface area contributed by atoms with Gasteiger partial charge in [-0.25, -0.2) is 19.2 Å². The van der Waals surface area contributed by atoms with Crippen LogP contribution >= 0.6 is 0 Å². The number of carboxylic acid groups (broad SMARTS) is 1. The minimum Gasteiger partial charge on any atom is -0.478 e. The molecule has 16 heteroatoms. The number of rotatable bonds is 6. The molecule has 0 radical (unpaired) electrons. The molecule has 0 spiro atoms. The van der Waals surface area contributed by atoms with Crippen molar-refractivity contribution >= 4 is 24.3 Å². The van der Waals surface area contributed by atoms with Crippen LogP contribution < -0.4 is 11.4 Å². The summed E-state index contributed by atoms with van der Waals surface area (Å²) in [4.78, 5) is 53.3. The Bertz CT molecular complexity index is 1560. The smallest absolute Gasteiger partial charge is 0.372 e.